The Labute approximate surface area is 191 Å². The average molecular weight is 515 g/mol. The number of nitrogens with one attached hydrogen (secondary N) is 1. The van der Waals surface area contributed by atoms with Crippen LogP contribution in [0.1, 0.15) is 32.7 Å². The third kappa shape index (κ3) is 5.93. The lowest BCUT2D eigenvalue weighted by atomic mass is 10.0. The highest BCUT2D eigenvalue weighted by molar-refractivity contribution is 6.32. The van der Waals surface area contributed by atoms with E-state index in [9.17, 15) is 35.5 Å². The summed E-state index contributed by atoms with van der Waals surface area (Å²) in [6.07, 6.45) is -10.0. The maximum atomic E-state index is 13.1. The fourth-order valence-electron chi connectivity index (χ4n) is 2.75. The van der Waals surface area contributed by atoms with Gasteiger partial charge >= 0.3 is 12.4 Å². The lowest BCUT2D eigenvalue weighted by Crippen LogP contribution is -2.23. The smallest absolute Gasteiger partial charge is 0.346 e. The van der Waals surface area contributed by atoms with Gasteiger partial charge < -0.3 is 5.32 Å². The van der Waals surface area contributed by atoms with Gasteiger partial charge in [0.05, 0.1) is 17.7 Å². The van der Waals surface area contributed by atoms with E-state index in [1.807, 2.05) is 0 Å². The van der Waals surface area contributed by atoms with E-state index < -0.39 is 58.2 Å². The topological polar surface area (TPSA) is 59.8 Å². The van der Waals surface area contributed by atoms with Crippen molar-refractivity contribution in [2.75, 3.05) is 0 Å². The Kier molecular flexibility index (Phi) is 6.89. The van der Waals surface area contributed by atoms with Crippen LogP contribution in [0, 0.1) is 5.82 Å². The zero-order chi connectivity index (χ0) is 24.6. The lowest BCUT2D eigenvalue weighted by molar-refractivity contribution is -0.143. The number of amides is 1. The monoisotopic (exact) mass is 514 g/mol. The predicted octanol–water partition coefficient (Wildman–Crippen LogP) is 5.74. The summed E-state index contributed by atoms with van der Waals surface area (Å²) in [5.74, 6) is -1.42. The summed E-state index contributed by atoms with van der Waals surface area (Å²) in [4.78, 5) is 12.3. The Bertz CT molecular complexity index is 1160. The van der Waals surface area contributed by atoms with E-state index in [0.717, 1.165) is 16.8 Å². The van der Waals surface area contributed by atoms with Gasteiger partial charge in [-0.05, 0) is 41.5 Å². The van der Waals surface area contributed by atoms with Gasteiger partial charge in [-0.3, -0.25) is 4.79 Å². The van der Waals surface area contributed by atoms with Gasteiger partial charge in [-0.25, -0.2) is 9.07 Å². The molecule has 2 aromatic carbocycles. The normalized spacial score (nSPS) is 12.2. The van der Waals surface area contributed by atoms with Crippen LogP contribution in [0.25, 0.3) is 0 Å². The summed E-state index contributed by atoms with van der Waals surface area (Å²) in [5, 5.41) is 9.12. The van der Waals surface area contributed by atoms with Gasteiger partial charge in [0.1, 0.15) is 5.82 Å². The van der Waals surface area contributed by atoms with Crippen LogP contribution in [0.3, 0.4) is 0 Å². The van der Waals surface area contributed by atoms with Crippen LogP contribution >= 0.6 is 23.2 Å². The van der Waals surface area contributed by atoms with Crippen molar-refractivity contribution in [2.24, 2.45) is 0 Å². The standard InChI is InChI=1S/C19H11Cl2F7N4O/c20-14-6-13(22)2-1-10(14)7-29-17(33)15-16(21)32(31-30-15)8-9-3-11(18(23,24)25)5-12(4-9)19(26,27)28/h1-6H,7-8H2,(H,29,33). The van der Waals surface area contributed by atoms with Gasteiger partial charge in [-0.2, -0.15) is 26.3 Å². The van der Waals surface area contributed by atoms with E-state index in [1.54, 1.807) is 0 Å². The zero-order valence-electron chi connectivity index (χ0n) is 16.0. The number of benzene rings is 2. The molecule has 1 heterocycles. The fraction of sp³-hybridized carbons (Fsp3) is 0.211. The number of nitrogens with zero attached hydrogens (tertiary/aromatic N) is 3. The molecule has 0 bridgehead atoms. The van der Waals surface area contributed by atoms with Crippen molar-refractivity contribution >= 4 is 29.1 Å². The summed E-state index contributed by atoms with van der Waals surface area (Å²) in [7, 11) is 0. The zero-order valence-corrected chi connectivity index (χ0v) is 17.5. The maximum absolute atomic E-state index is 13.1. The van der Waals surface area contributed by atoms with E-state index in [-0.39, 0.29) is 17.6 Å². The molecule has 0 fully saturated rings. The molecule has 0 unspecified atom stereocenters. The molecule has 0 atom stereocenters. The summed E-state index contributed by atoms with van der Waals surface area (Å²) < 4.78 is 92.0. The number of aromatic nitrogens is 3. The Hall–Kier alpha value is -2.86. The Morgan fingerprint density at radius 1 is 0.970 bits per heavy atom. The molecule has 5 nitrogen and oxygen atoms in total. The number of carbonyl (C=O) groups excluding carboxylic acids is 1. The fourth-order valence-corrected chi connectivity index (χ4v) is 3.20. The van der Waals surface area contributed by atoms with Crippen LogP contribution in [0.4, 0.5) is 30.7 Å². The molecule has 0 aliphatic rings. The number of alkyl halides is 6. The van der Waals surface area contributed by atoms with Gasteiger partial charge in [0.25, 0.3) is 5.91 Å². The number of carbonyl (C=O) groups is 1. The largest absolute Gasteiger partial charge is 0.416 e. The summed E-state index contributed by atoms with van der Waals surface area (Å²) in [6, 6.07) is 4.53. The molecule has 3 aromatic rings. The van der Waals surface area contributed by atoms with Crippen LogP contribution in [-0.4, -0.2) is 20.9 Å². The van der Waals surface area contributed by atoms with Crippen molar-refractivity contribution in [3.8, 4) is 0 Å². The number of rotatable bonds is 5. The van der Waals surface area contributed by atoms with Crippen molar-refractivity contribution in [3.63, 3.8) is 0 Å². The summed E-state index contributed by atoms with van der Waals surface area (Å²) in [6.45, 7) is -0.750. The molecule has 1 amide bonds. The molecule has 0 saturated carbocycles. The summed E-state index contributed by atoms with van der Waals surface area (Å²) >= 11 is 11.9. The van der Waals surface area contributed by atoms with E-state index >= 15 is 0 Å². The molecule has 0 aliphatic heterocycles. The van der Waals surface area contributed by atoms with E-state index in [2.05, 4.69) is 15.6 Å². The lowest BCUT2D eigenvalue weighted by Gasteiger charge is -2.14. The molecule has 14 heteroatoms. The first-order valence-corrected chi connectivity index (χ1v) is 9.61. The van der Waals surface area contributed by atoms with Crippen LogP contribution in [0.2, 0.25) is 10.2 Å². The quantitative estimate of drug-likeness (QED) is 0.441. The van der Waals surface area contributed by atoms with Gasteiger partial charge in [0.15, 0.2) is 10.8 Å². The molecule has 1 N–H and O–H groups in total. The molecular weight excluding hydrogens is 504 g/mol. The minimum atomic E-state index is -5.02. The summed E-state index contributed by atoms with van der Waals surface area (Å²) in [5.41, 5.74) is -3.46. The first-order chi connectivity index (χ1) is 15.3. The minimum absolute atomic E-state index is 0.00803. The first-order valence-electron chi connectivity index (χ1n) is 8.85. The second-order valence-electron chi connectivity index (χ2n) is 6.72. The molecule has 3 rings (SSSR count). The Morgan fingerprint density at radius 2 is 1.58 bits per heavy atom. The van der Waals surface area contributed by atoms with Gasteiger partial charge in [0, 0.05) is 11.6 Å². The van der Waals surface area contributed by atoms with Crippen LogP contribution in [0.5, 0.6) is 0 Å². The Morgan fingerprint density at radius 3 is 2.12 bits per heavy atom. The number of hydrogen-bond acceptors (Lipinski definition) is 3. The van der Waals surface area contributed by atoms with Crippen molar-refractivity contribution < 1.29 is 35.5 Å². The van der Waals surface area contributed by atoms with Crippen LogP contribution in [0.15, 0.2) is 36.4 Å². The molecular formula is C19H11Cl2F7N4O. The van der Waals surface area contributed by atoms with E-state index in [0.29, 0.717) is 17.7 Å². The molecule has 33 heavy (non-hydrogen) atoms. The van der Waals surface area contributed by atoms with Crippen LogP contribution < -0.4 is 5.32 Å². The Balaban J connectivity index is 1.81. The first kappa shape index (κ1) is 24.8. The number of hydrogen-bond donors (Lipinski definition) is 1. The minimum Gasteiger partial charge on any atom is -0.346 e. The molecule has 0 radical (unpaired) electrons. The second-order valence-corrected chi connectivity index (χ2v) is 7.48. The highest BCUT2D eigenvalue weighted by Crippen LogP contribution is 2.36. The van der Waals surface area contributed by atoms with Gasteiger partial charge in [-0.1, -0.05) is 34.5 Å². The van der Waals surface area contributed by atoms with Crippen molar-refractivity contribution in [2.45, 2.75) is 25.4 Å². The molecule has 0 aliphatic carbocycles. The average Bonchev–Trinajstić information content (AvgIpc) is 3.06. The molecule has 176 valence electrons. The highest BCUT2D eigenvalue weighted by atomic mass is 35.5. The predicted molar refractivity (Wildman–Crippen MR) is 103 cm³/mol. The van der Waals surface area contributed by atoms with Crippen molar-refractivity contribution in [1.82, 2.24) is 20.3 Å². The van der Waals surface area contributed by atoms with Crippen molar-refractivity contribution in [1.29, 1.82) is 0 Å². The molecule has 1 aromatic heterocycles. The van der Waals surface area contributed by atoms with Crippen LogP contribution in [-0.2, 0) is 25.4 Å². The molecule has 0 spiro atoms. The highest BCUT2D eigenvalue weighted by Gasteiger charge is 2.37. The van der Waals surface area contributed by atoms with Crippen molar-refractivity contribution in [3.05, 3.63) is 80.3 Å². The van der Waals surface area contributed by atoms with Gasteiger partial charge in [0.2, 0.25) is 0 Å². The third-order valence-electron chi connectivity index (χ3n) is 4.32. The second kappa shape index (κ2) is 9.18. The van der Waals surface area contributed by atoms with Gasteiger partial charge in [-0.15, -0.1) is 5.10 Å². The molecule has 0 saturated heterocycles. The maximum Gasteiger partial charge on any atom is 0.416 e. The SMILES string of the molecule is O=C(NCc1ccc(F)cc1Cl)c1nnn(Cc2cc(C(F)(F)F)cc(C(F)(F)F)c2)c1Cl. The number of halogens is 9. The van der Waals surface area contributed by atoms with E-state index in [4.69, 9.17) is 23.2 Å². The van der Waals surface area contributed by atoms with E-state index in [1.165, 1.54) is 6.07 Å². The third-order valence-corrected chi connectivity index (χ3v) is 5.05.